The summed E-state index contributed by atoms with van der Waals surface area (Å²) in [6.45, 7) is 16.8. The van der Waals surface area contributed by atoms with Crippen LogP contribution in [0.4, 0.5) is 0 Å². The summed E-state index contributed by atoms with van der Waals surface area (Å²) in [5.41, 5.74) is 3.17. The van der Waals surface area contributed by atoms with Crippen LogP contribution in [-0.4, -0.2) is 37.4 Å². The fourth-order valence-corrected chi connectivity index (χ4v) is 3.46. The first kappa shape index (κ1) is 27.1. The molecule has 0 radical (unpaired) electrons. The van der Waals surface area contributed by atoms with Gasteiger partial charge in [-0.2, -0.15) is 0 Å². The Hall–Kier alpha value is -1.97. The smallest absolute Gasteiger partial charge is 0.191 e. The second kappa shape index (κ2) is 13.4. The lowest BCUT2D eigenvalue weighted by molar-refractivity contribution is 0.287. The van der Waals surface area contributed by atoms with Crippen LogP contribution in [0.1, 0.15) is 69.2 Å². The highest BCUT2D eigenvalue weighted by atomic mass is 127. The summed E-state index contributed by atoms with van der Waals surface area (Å²) in [6.07, 6.45) is 0. The van der Waals surface area contributed by atoms with Gasteiger partial charge in [-0.25, -0.2) is 0 Å². The summed E-state index contributed by atoms with van der Waals surface area (Å²) < 4.78 is 16.7. The second-order valence-corrected chi connectivity index (χ2v) is 7.30. The average molecular weight is 544 g/mol. The molecular weight excluding hydrogens is 507 g/mol. The largest absolute Gasteiger partial charge is 0.490 e. The van der Waals surface area contributed by atoms with Crippen LogP contribution >= 0.6 is 24.0 Å². The molecule has 0 saturated carbocycles. The maximum Gasteiger partial charge on any atom is 0.191 e. The van der Waals surface area contributed by atoms with Crippen LogP contribution in [0.3, 0.4) is 0 Å². The van der Waals surface area contributed by atoms with Crippen LogP contribution in [0, 0.1) is 13.8 Å². The zero-order valence-electron chi connectivity index (χ0n) is 19.7. The standard InChI is InChI=1S/C23H36N4O3.HI/c1-8-24-23(25-14-15(4)22-17(6)27-30-18(22)7)26-16(5)19-11-12-20(28-9-2)21(13-19)29-10-3;/h11-13,15-16H,8-10,14H2,1-7H3,(H2,24,25,26);1H. The van der Waals surface area contributed by atoms with Gasteiger partial charge in [0.25, 0.3) is 0 Å². The van der Waals surface area contributed by atoms with Crippen LogP contribution in [0.5, 0.6) is 11.5 Å². The number of guanidine groups is 1. The fourth-order valence-electron chi connectivity index (χ4n) is 3.46. The predicted molar refractivity (Wildman–Crippen MR) is 136 cm³/mol. The van der Waals surface area contributed by atoms with Crippen molar-refractivity contribution in [3.8, 4) is 11.5 Å². The van der Waals surface area contributed by atoms with E-state index in [1.165, 1.54) is 0 Å². The summed E-state index contributed by atoms with van der Waals surface area (Å²) in [4.78, 5) is 4.79. The van der Waals surface area contributed by atoms with E-state index in [-0.39, 0.29) is 35.9 Å². The lowest BCUT2D eigenvalue weighted by Gasteiger charge is -2.20. The molecular formula is C23H37IN4O3. The van der Waals surface area contributed by atoms with Gasteiger partial charge < -0.3 is 24.6 Å². The molecule has 0 bridgehead atoms. The molecule has 8 heteroatoms. The van der Waals surface area contributed by atoms with Gasteiger partial charge in [0, 0.05) is 24.6 Å². The van der Waals surface area contributed by atoms with Crippen molar-refractivity contribution >= 4 is 29.9 Å². The first-order chi connectivity index (χ1) is 14.4. The number of halogens is 1. The van der Waals surface area contributed by atoms with Crippen LogP contribution in [0.25, 0.3) is 0 Å². The quantitative estimate of drug-likeness (QED) is 0.245. The third-order valence-electron chi connectivity index (χ3n) is 4.87. The van der Waals surface area contributed by atoms with Gasteiger partial charge in [0.05, 0.1) is 24.9 Å². The normalized spacial score (nSPS) is 13.2. The Morgan fingerprint density at radius 3 is 2.35 bits per heavy atom. The van der Waals surface area contributed by atoms with Crippen LogP contribution in [0.2, 0.25) is 0 Å². The minimum absolute atomic E-state index is 0. The Morgan fingerprint density at radius 1 is 1.10 bits per heavy atom. The molecule has 7 nitrogen and oxygen atoms in total. The minimum atomic E-state index is 0. The van der Waals surface area contributed by atoms with Crippen molar-refractivity contribution in [3.63, 3.8) is 0 Å². The molecule has 1 aromatic carbocycles. The van der Waals surface area contributed by atoms with E-state index in [4.69, 9.17) is 19.0 Å². The van der Waals surface area contributed by atoms with Gasteiger partial charge in [0.15, 0.2) is 17.5 Å². The van der Waals surface area contributed by atoms with Crippen LogP contribution in [0.15, 0.2) is 27.7 Å². The van der Waals surface area contributed by atoms with E-state index in [9.17, 15) is 0 Å². The third kappa shape index (κ3) is 7.59. The monoisotopic (exact) mass is 544 g/mol. The van der Waals surface area contributed by atoms with E-state index >= 15 is 0 Å². The van der Waals surface area contributed by atoms with Crippen LogP contribution in [-0.2, 0) is 0 Å². The molecule has 2 unspecified atom stereocenters. The van der Waals surface area contributed by atoms with Gasteiger partial charge in [-0.15, -0.1) is 24.0 Å². The molecule has 0 spiro atoms. The highest BCUT2D eigenvalue weighted by molar-refractivity contribution is 14.0. The lowest BCUT2D eigenvalue weighted by Crippen LogP contribution is -2.39. The Kier molecular flexibility index (Phi) is 11.7. The molecule has 31 heavy (non-hydrogen) atoms. The van der Waals surface area contributed by atoms with Gasteiger partial charge in [-0.05, 0) is 59.2 Å². The van der Waals surface area contributed by atoms with E-state index < -0.39 is 0 Å². The molecule has 2 aromatic rings. The van der Waals surface area contributed by atoms with Crippen LogP contribution < -0.4 is 20.1 Å². The molecule has 0 aliphatic heterocycles. The van der Waals surface area contributed by atoms with Crippen molar-refractivity contribution in [3.05, 3.63) is 40.8 Å². The van der Waals surface area contributed by atoms with E-state index in [2.05, 4.69) is 42.6 Å². The van der Waals surface area contributed by atoms with Gasteiger partial charge in [0.1, 0.15) is 5.76 Å². The van der Waals surface area contributed by atoms with Crippen molar-refractivity contribution in [2.24, 2.45) is 4.99 Å². The number of hydrogen-bond acceptors (Lipinski definition) is 5. The molecule has 1 heterocycles. The van der Waals surface area contributed by atoms with Crippen molar-refractivity contribution in [2.45, 2.75) is 60.4 Å². The average Bonchev–Trinajstić information content (AvgIpc) is 3.06. The first-order valence-corrected chi connectivity index (χ1v) is 10.8. The number of aliphatic imine (C=N–C) groups is 1. The van der Waals surface area contributed by atoms with Gasteiger partial charge in [0.2, 0.25) is 0 Å². The van der Waals surface area contributed by atoms with Gasteiger partial charge >= 0.3 is 0 Å². The Morgan fingerprint density at radius 2 is 1.77 bits per heavy atom. The number of hydrogen-bond donors (Lipinski definition) is 2. The lowest BCUT2D eigenvalue weighted by atomic mass is 10.00. The minimum Gasteiger partial charge on any atom is -0.490 e. The Labute approximate surface area is 203 Å². The van der Waals surface area contributed by atoms with Gasteiger partial charge in [-0.1, -0.05) is 18.1 Å². The number of rotatable bonds is 10. The molecule has 1 aromatic heterocycles. The summed E-state index contributed by atoms with van der Waals surface area (Å²) in [6, 6.07) is 6.10. The zero-order valence-corrected chi connectivity index (χ0v) is 22.1. The van der Waals surface area contributed by atoms with Crippen molar-refractivity contribution in [1.82, 2.24) is 15.8 Å². The van der Waals surface area contributed by atoms with Gasteiger partial charge in [-0.3, -0.25) is 4.99 Å². The topological polar surface area (TPSA) is 80.9 Å². The molecule has 2 atom stereocenters. The Balaban J connectivity index is 0.00000480. The summed E-state index contributed by atoms with van der Waals surface area (Å²) in [7, 11) is 0. The Bertz CT molecular complexity index is 819. The van der Waals surface area contributed by atoms with E-state index in [0.29, 0.717) is 19.8 Å². The number of ether oxygens (including phenoxy) is 2. The highest BCUT2D eigenvalue weighted by Crippen LogP contribution is 2.30. The van der Waals surface area contributed by atoms with E-state index in [1.54, 1.807) is 0 Å². The van der Waals surface area contributed by atoms with Crippen molar-refractivity contribution in [1.29, 1.82) is 0 Å². The molecule has 2 N–H and O–H groups in total. The number of nitrogens with one attached hydrogen (secondary N) is 2. The second-order valence-electron chi connectivity index (χ2n) is 7.30. The maximum absolute atomic E-state index is 5.76. The van der Waals surface area contributed by atoms with Crippen molar-refractivity contribution in [2.75, 3.05) is 26.3 Å². The maximum atomic E-state index is 5.76. The van der Waals surface area contributed by atoms with E-state index in [1.807, 2.05) is 39.8 Å². The number of aryl methyl sites for hydroxylation is 2. The summed E-state index contributed by atoms with van der Waals surface area (Å²) in [5, 5.41) is 10.9. The molecule has 0 saturated heterocycles. The zero-order chi connectivity index (χ0) is 22.1. The molecule has 0 amide bonds. The number of nitrogens with zero attached hydrogens (tertiary/aromatic N) is 2. The fraction of sp³-hybridized carbons (Fsp3) is 0.565. The molecule has 174 valence electrons. The predicted octanol–water partition coefficient (Wildman–Crippen LogP) is 5.13. The molecule has 0 aliphatic rings. The number of benzene rings is 1. The van der Waals surface area contributed by atoms with Crippen molar-refractivity contribution < 1.29 is 14.0 Å². The summed E-state index contributed by atoms with van der Waals surface area (Å²) >= 11 is 0. The first-order valence-electron chi connectivity index (χ1n) is 10.8. The SMILES string of the molecule is CCNC(=NCC(C)c1c(C)noc1C)NC(C)c1ccc(OCC)c(OCC)c1.I. The van der Waals surface area contributed by atoms with E-state index in [0.717, 1.165) is 46.6 Å². The third-order valence-corrected chi connectivity index (χ3v) is 4.87. The molecule has 0 aliphatic carbocycles. The number of aromatic nitrogens is 1. The highest BCUT2D eigenvalue weighted by Gasteiger charge is 2.17. The summed E-state index contributed by atoms with van der Waals surface area (Å²) in [5.74, 6) is 3.38. The molecule has 2 rings (SSSR count). The molecule has 0 fully saturated rings.